The van der Waals surface area contributed by atoms with Gasteiger partial charge in [0.05, 0.1) is 12.1 Å². The standard InChI is InChI=1S/C24H42N2O2.ClH/c1-14(25)22(28)26-17-9-11-23(3)16(13-17)5-6-18-20-8-7-19(15(2)27)24(20,4)12-10-21(18)23;/h14-21,27H,5-13,25H2,1-4H3,(H,26,28);1H/t14?,15-,16?,17?,18-,19+,20-,21-,23-,24+;/m0./s1. The Bertz CT molecular complexity index is 612. The molecule has 0 heterocycles. The molecule has 3 unspecified atom stereocenters. The van der Waals surface area contributed by atoms with E-state index >= 15 is 0 Å². The van der Waals surface area contributed by atoms with Crippen molar-refractivity contribution in [3.8, 4) is 0 Å². The Morgan fingerprint density at radius 3 is 2.31 bits per heavy atom. The number of carbonyl (C=O) groups is 1. The summed E-state index contributed by atoms with van der Waals surface area (Å²) in [7, 11) is 0. The highest BCUT2D eigenvalue weighted by Gasteiger charge is 2.60. The van der Waals surface area contributed by atoms with Crippen molar-refractivity contribution >= 4 is 18.3 Å². The highest BCUT2D eigenvalue weighted by Crippen LogP contribution is 2.67. The summed E-state index contributed by atoms with van der Waals surface area (Å²) >= 11 is 0. The highest BCUT2D eigenvalue weighted by molar-refractivity contribution is 5.85. The van der Waals surface area contributed by atoms with Gasteiger partial charge in [-0.3, -0.25) is 4.79 Å². The fourth-order valence-electron chi connectivity index (χ4n) is 8.55. The molecule has 10 atom stereocenters. The second-order valence-electron chi connectivity index (χ2n) is 11.4. The van der Waals surface area contributed by atoms with Gasteiger partial charge in [0.1, 0.15) is 0 Å². The van der Waals surface area contributed by atoms with Crippen LogP contribution in [0.1, 0.15) is 85.5 Å². The molecule has 4 aliphatic carbocycles. The van der Waals surface area contributed by atoms with E-state index in [1.54, 1.807) is 6.92 Å². The van der Waals surface area contributed by atoms with Crippen molar-refractivity contribution < 1.29 is 9.90 Å². The van der Waals surface area contributed by atoms with Crippen LogP contribution in [-0.4, -0.2) is 29.2 Å². The van der Waals surface area contributed by atoms with Crippen molar-refractivity contribution in [1.29, 1.82) is 0 Å². The number of aliphatic hydroxyl groups excluding tert-OH is 1. The molecule has 0 aromatic carbocycles. The lowest BCUT2D eigenvalue weighted by Crippen LogP contribution is -2.56. The lowest BCUT2D eigenvalue weighted by molar-refractivity contribution is -0.130. The van der Waals surface area contributed by atoms with E-state index in [0.717, 1.165) is 36.5 Å². The van der Waals surface area contributed by atoms with Gasteiger partial charge >= 0.3 is 0 Å². The van der Waals surface area contributed by atoms with E-state index in [1.807, 2.05) is 6.92 Å². The van der Waals surface area contributed by atoms with E-state index in [0.29, 0.717) is 22.8 Å². The average Bonchev–Trinajstić information content (AvgIpc) is 2.99. The minimum atomic E-state index is -0.413. The van der Waals surface area contributed by atoms with Crippen LogP contribution in [0.5, 0.6) is 0 Å². The lowest BCUT2D eigenvalue weighted by Gasteiger charge is -2.61. The third-order valence-corrected chi connectivity index (χ3v) is 10.1. The summed E-state index contributed by atoms with van der Waals surface area (Å²) in [6.45, 7) is 8.85. The summed E-state index contributed by atoms with van der Waals surface area (Å²) < 4.78 is 0. The molecule has 1 amide bonds. The van der Waals surface area contributed by atoms with Crippen molar-refractivity contribution in [3.05, 3.63) is 0 Å². The molecule has 4 saturated carbocycles. The van der Waals surface area contributed by atoms with Gasteiger partial charge in [-0.1, -0.05) is 13.8 Å². The molecule has 0 aromatic heterocycles. The summed E-state index contributed by atoms with van der Waals surface area (Å²) in [4.78, 5) is 12.1. The largest absolute Gasteiger partial charge is 0.393 e. The second-order valence-corrected chi connectivity index (χ2v) is 11.4. The van der Waals surface area contributed by atoms with Crippen molar-refractivity contribution in [2.75, 3.05) is 0 Å². The Morgan fingerprint density at radius 2 is 1.66 bits per heavy atom. The van der Waals surface area contributed by atoms with Crippen LogP contribution in [0.2, 0.25) is 0 Å². The zero-order chi connectivity index (χ0) is 20.3. The van der Waals surface area contributed by atoms with Crippen LogP contribution in [0.15, 0.2) is 0 Å². The first-order chi connectivity index (χ1) is 13.2. The first-order valence-corrected chi connectivity index (χ1v) is 11.9. The quantitative estimate of drug-likeness (QED) is 0.630. The second kappa shape index (κ2) is 8.31. The van der Waals surface area contributed by atoms with Crippen LogP contribution in [0.3, 0.4) is 0 Å². The third-order valence-electron chi connectivity index (χ3n) is 10.1. The zero-order valence-corrected chi connectivity index (χ0v) is 19.6. The minimum absolute atomic E-state index is 0. The van der Waals surface area contributed by atoms with Crippen LogP contribution in [0.4, 0.5) is 0 Å². The number of nitrogens with two attached hydrogens (primary N) is 1. The maximum absolute atomic E-state index is 12.1. The molecular formula is C24H43ClN2O2. The van der Waals surface area contributed by atoms with Crippen LogP contribution >= 0.6 is 12.4 Å². The Balaban J connectivity index is 0.00000240. The van der Waals surface area contributed by atoms with Crippen LogP contribution in [-0.2, 0) is 4.79 Å². The van der Waals surface area contributed by atoms with Gasteiger partial charge in [0.25, 0.3) is 0 Å². The minimum Gasteiger partial charge on any atom is -0.393 e. The van der Waals surface area contributed by atoms with Gasteiger partial charge in [0.2, 0.25) is 5.91 Å². The number of halogens is 1. The number of aliphatic hydroxyl groups is 1. The summed E-state index contributed by atoms with van der Waals surface area (Å²) in [5.74, 6) is 3.72. The van der Waals surface area contributed by atoms with Gasteiger partial charge in [-0.05, 0) is 112 Å². The Labute approximate surface area is 183 Å². The van der Waals surface area contributed by atoms with Gasteiger partial charge in [0, 0.05) is 6.04 Å². The maximum atomic E-state index is 12.1. The van der Waals surface area contributed by atoms with Crippen molar-refractivity contribution in [1.82, 2.24) is 5.32 Å². The molecule has 4 N–H and O–H groups in total. The monoisotopic (exact) mass is 426 g/mol. The molecule has 0 spiro atoms. The van der Waals surface area contributed by atoms with E-state index in [-0.39, 0.29) is 24.4 Å². The van der Waals surface area contributed by atoms with Gasteiger partial charge in [-0.2, -0.15) is 0 Å². The normalized spacial score (nSPS) is 48.3. The fourth-order valence-corrected chi connectivity index (χ4v) is 8.55. The van der Waals surface area contributed by atoms with Gasteiger partial charge in [0.15, 0.2) is 0 Å². The highest BCUT2D eigenvalue weighted by atomic mass is 35.5. The number of carbonyl (C=O) groups excluding carboxylic acids is 1. The molecule has 4 fully saturated rings. The number of hydrogen-bond donors (Lipinski definition) is 3. The van der Waals surface area contributed by atoms with Crippen molar-refractivity contribution in [3.63, 3.8) is 0 Å². The first kappa shape index (κ1) is 23.3. The molecule has 4 aliphatic rings. The maximum Gasteiger partial charge on any atom is 0.236 e. The van der Waals surface area contributed by atoms with Crippen molar-refractivity contribution in [2.24, 2.45) is 46.2 Å². The summed E-state index contributed by atoms with van der Waals surface area (Å²) in [5.41, 5.74) is 6.54. The topological polar surface area (TPSA) is 75.4 Å². The van der Waals surface area contributed by atoms with Crippen molar-refractivity contribution in [2.45, 2.75) is 104 Å². The number of amides is 1. The number of hydrogen-bond acceptors (Lipinski definition) is 3. The SMILES string of the molecule is CC(N)C(=O)NC1CC[C@@]2(C)C(CC[C@H]3[C@@H]4CC[C@H]([C@H](C)O)[C@@]4(C)CC[C@@H]32)C1.Cl. The number of fused-ring (bicyclic) bond motifs is 5. The first-order valence-electron chi connectivity index (χ1n) is 11.9. The fraction of sp³-hybridized carbons (Fsp3) is 0.958. The van der Waals surface area contributed by atoms with E-state index in [2.05, 4.69) is 19.2 Å². The third kappa shape index (κ3) is 3.76. The number of nitrogens with one attached hydrogen (secondary N) is 1. The summed E-state index contributed by atoms with van der Waals surface area (Å²) in [6.07, 6.45) is 11.2. The van der Waals surface area contributed by atoms with E-state index in [1.165, 1.54) is 44.9 Å². The van der Waals surface area contributed by atoms with Crippen LogP contribution < -0.4 is 11.1 Å². The van der Waals surface area contributed by atoms with E-state index in [4.69, 9.17) is 5.73 Å². The molecular weight excluding hydrogens is 384 g/mol. The van der Waals surface area contributed by atoms with Gasteiger partial charge in [-0.25, -0.2) is 0 Å². The summed E-state index contributed by atoms with van der Waals surface area (Å²) in [6, 6.07) is -0.0997. The van der Waals surface area contributed by atoms with Crippen LogP contribution in [0.25, 0.3) is 0 Å². The summed E-state index contributed by atoms with van der Waals surface area (Å²) in [5, 5.41) is 13.6. The lowest BCUT2D eigenvalue weighted by atomic mass is 9.44. The smallest absolute Gasteiger partial charge is 0.236 e. The molecule has 4 rings (SSSR count). The Kier molecular flexibility index (Phi) is 6.69. The molecule has 0 aliphatic heterocycles. The average molecular weight is 427 g/mol. The molecule has 0 saturated heterocycles. The molecule has 29 heavy (non-hydrogen) atoms. The van der Waals surface area contributed by atoms with E-state index in [9.17, 15) is 9.90 Å². The van der Waals surface area contributed by atoms with Gasteiger partial charge < -0.3 is 16.2 Å². The molecule has 0 aromatic rings. The Hall–Kier alpha value is -0.320. The Morgan fingerprint density at radius 1 is 1.00 bits per heavy atom. The van der Waals surface area contributed by atoms with Crippen LogP contribution in [0, 0.1) is 40.4 Å². The molecule has 0 radical (unpaired) electrons. The molecule has 5 heteroatoms. The zero-order valence-electron chi connectivity index (χ0n) is 18.8. The predicted molar refractivity (Wildman–Crippen MR) is 120 cm³/mol. The van der Waals surface area contributed by atoms with E-state index < -0.39 is 6.04 Å². The molecule has 168 valence electrons. The number of rotatable bonds is 3. The predicted octanol–water partition coefficient (Wildman–Crippen LogP) is 4.28. The molecule has 0 bridgehead atoms. The van der Waals surface area contributed by atoms with Gasteiger partial charge in [-0.15, -0.1) is 12.4 Å². The molecule has 4 nitrogen and oxygen atoms in total.